The minimum atomic E-state index is -0.577. The van der Waals surface area contributed by atoms with Gasteiger partial charge in [0.2, 0.25) is 11.9 Å². The molecular weight excluding hydrogens is 528 g/mol. The highest BCUT2D eigenvalue weighted by Crippen LogP contribution is 2.35. The molecule has 0 unspecified atom stereocenters. The standard InChI is InChI=1S/C29H34N6O6/c1-29(2,3)41-28(38)31-12-6-11-30-26(37)17-7-9-21-20(13-17)25-18(14-24(36)34-21)16-32-27(35-25)33-19-8-10-22(39-4)23(15-19)40-5/h7-10,13,15-16H,6,11-12,14H2,1-5H3,(H,30,37)(H,31,38)(H,34,36)(H,32,33,35). The first-order valence-corrected chi connectivity index (χ1v) is 13.1. The molecule has 0 bridgehead atoms. The van der Waals surface area contributed by atoms with Crippen molar-refractivity contribution >= 4 is 35.2 Å². The average Bonchev–Trinajstić information content (AvgIpc) is 3.06. The number of carbonyl (C=O) groups is 3. The highest BCUT2D eigenvalue weighted by atomic mass is 16.6. The van der Waals surface area contributed by atoms with Gasteiger partial charge < -0.3 is 35.5 Å². The molecule has 12 heteroatoms. The van der Waals surface area contributed by atoms with Gasteiger partial charge >= 0.3 is 6.09 Å². The molecule has 216 valence electrons. The average molecular weight is 563 g/mol. The number of methoxy groups -OCH3 is 2. The maximum absolute atomic E-state index is 12.9. The number of benzene rings is 2. The second-order valence-electron chi connectivity index (χ2n) is 10.3. The van der Waals surface area contributed by atoms with Crippen LogP contribution in [0.3, 0.4) is 0 Å². The lowest BCUT2D eigenvalue weighted by Crippen LogP contribution is -2.34. The van der Waals surface area contributed by atoms with Crippen LogP contribution in [-0.4, -0.2) is 60.8 Å². The van der Waals surface area contributed by atoms with Gasteiger partial charge in [-0.2, -0.15) is 0 Å². The van der Waals surface area contributed by atoms with Crippen molar-refractivity contribution in [2.24, 2.45) is 0 Å². The fourth-order valence-corrected chi connectivity index (χ4v) is 4.13. The summed E-state index contributed by atoms with van der Waals surface area (Å²) in [5.41, 5.74) is 2.81. The zero-order valence-corrected chi connectivity index (χ0v) is 23.7. The maximum atomic E-state index is 12.9. The van der Waals surface area contributed by atoms with Crippen LogP contribution in [0.25, 0.3) is 11.3 Å². The lowest BCUT2D eigenvalue weighted by Gasteiger charge is -2.19. The van der Waals surface area contributed by atoms with Crippen LogP contribution in [0.5, 0.6) is 11.5 Å². The van der Waals surface area contributed by atoms with Gasteiger partial charge in [0, 0.05) is 47.7 Å². The van der Waals surface area contributed by atoms with E-state index in [0.717, 1.165) is 0 Å². The monoisotopic (exact) mass is 562 g/mol. The van der Waals surface area contributed by atoms with Gasteiger partial charge in [0.1, 0.15) is 5.60 Å². The van der Waals surface area contributed by atoms with E-state index in [1.165, 1.54) is 0 Å². The van der Waals surface area contributed by atoms with E-state index in [2.05, 4.69) is 26.3 Å². The van der Waals surface area contributed by atoms with E-state index in [4.69, 9.17) is 19.2 Å². The van der Waals surface area contributed by atoms with Crippen molar-refractivity contribution < 1.29 is 28.6 Å². The third-order valence-corrected chi connectivity index (χ3v) is 5.97. The van der Waals surface area contributed by atoms with E-state index in [1.54, 1.807) is 77.6 Å². The van der Waals surface area contributed by atoms with E-state index < -0.39 is 11.7 Å². The Morgan fingerprint density at radius 1 is 1.00 bits per heavy atom. The highest BCUT2D eigenvalue weighted by Gasteiger charge is 2.23. The Balaban J connectivity index is 1.49. The van der Waals surface area contributed by atoms with Gasteiger partial charge in [-0.05, 0) is 57.5 Å². The van der Waals surface area contributed by atoms with Crippen LogP contribution in [0.2, 0.25) is 0 Å². The molecule has 41 heavy (non-hydrogen) atoms. The highest BCUT2D eigenvalue weighted by molar-refractivity contribution is 6.03. The number of alkyl carbamates (subject to hydrolysis) is 1. The fourth-order valence-electron chi connectivity index (χ4n) is 4.13. The number of carbonyl (C=O) groups excluding carboxylic acids is 3. The molecule has 0 spiro atoms. The van der Waals surface area contributed by atoms with E-state index in [0.29, 0.717) is 70.7 Å². The molecule has 3 aromatic rings. The summed E-state index contributed by atoms with van der Waals surface area (Å²) in [5, 5.41) is 11.6. The number of amides is 3. The molecule has 0 aliphatic carbocycles. The van der Waals surface area contributed by atoms with Crippen molar-refractivity contribution in [3.8, 4) is 22.8 Å². The summed E-state index contributed by atoms with van der Waals surface area (Å²) in [6.07, 6.45) is 1.71. The van der Waals surface area contributed by atoms with Gasteiger partial charge in [-0.1, -0.05) is 0 Å². The van der Waals surface area contributed by atoms with Gasteiger partial charge in [0.15, 0.2) is 11.5 Å². The summed E-state index contributed by atoms with van der Waals surface area (Å²) < 4.78 is 15.9. The fraction of sp³-hybridized carbons (Fsp3) is 0.345. The molecular formula is C29H34N6O6. The first-order valence-electron chi connectivity index (χ1n) is 13.1. The van der Waals surface area contributed by atoms with Gasteiger partial charge in [-0.25, -0.2) is 14.8 Å². The SMILES string of the molecule is COc1ccc(Nc2ncc3c(n2)-c2cc(C(=O)NCCCNC(=O)OC(C)(C)C)ccc2NC(=O)C3)cc1OC. The number of hydrogen-bond donors (Lipinski definition) is 4. The van der Waals surface area contributed by atoms with Crippen LogP contribution < -0.4 is 30.7 Å². The Labute approximate surface area is 238 Å². The summed E-state index contributed by atoms with van der Waals surface area (Å²) >= 11 is 0. The summed E-state index contributed by atoms with van der Waals surface area (Å²) in [6, 6.07) is 10.4. The van der Waals surface area contributed by atoms with E-state index >= 15 is 0 Å². The van der Waals surface area contributed by atoms with Gasteiger partial charge in [-0.3, -0.25) is 9.59 Å². The lowest BCUT2D eigenvalue weighted by molar-refractivity contribution is -0.115. The molecule has 3 amide bonds. The molecule has 0 radical (unpaired) electrons. The molecule has 0 fully saturated rings. The molecule has 0 saturated heterocycles. The molecule has 0 saturated carbocycles. The Kier molecular flexibility index (Phi) is 8.91. The van der Waals surface area contributed by atoms with Crippen LogP contribution >= 0.6 is 0 Å². The van der Waals surface area contributed by atoms with Crippen molar-refractivity contribution in [1.82, 2.24) is 20.6 Å². The van der Waals surface area contributed by atoms with Crippen molar-refractivity contribution in [1.29, 1.82) is 0 Å². The minimum absolute atomic E-state index is 0.0901. The second kappa shape index (κ2) is 12.5. The number of nitrogens with one attached hydrogen (secondary N) is 4. The largest absolute Gasteiger partial charge is 0.493 e. The van der Waals surface area contributed by atoms with Crippen LogP contribution in [0.1, 0.15) is 43.1 Å². The zero-order valence-electron chi connectivity index (χ0n) is 23.7. The predicted octanol–water partition coefficient (Wildman–Crippen LogP) is 4.04. The third kappa shape index (κ3) is 7.62. The summed E-state index contributed by atoms with van der Waals surface area (Å²) in [6.45, 7) is 6.07. The molecule has 4 rings (SSSR count). The quantitative estimate of drug-likeness (QED) is 0.283. The Bertz CT molecular complexity index is 1450. The number of anilines is 3. The van der Waals surface area contributed by atoms with E-state index in [9.17, 15) is 14.4 Å². The molecule has 1 aromatic heterocycles. The van der Waals surface area contributed by atoms with Crippen LogP contribution in [0.15, 0.2) is 42.6 Å². The normalized spacial score (nSPS) is 12.2. The Morgan fingerprint density at radius 3 is 2.49 bits per heavy atom. The number of aromatic nitrogens is 2. The lowest BCUT2D eigenvalue weighted by atomic mass is 10.0. The molecule has 1 aliphatic heterocycles. The summed E-state index contributed by atoms with van der Waals surface area (Å²) in [5.74, 6) is 0.945. The molecule has 2 aromatic carbocycles. The Morgan fingerprint density at radius 2 is 1.76 bits per heavy atom. The van der Waals surface area contributed by atoms with Gasteiger partial charge in [0.25, 0.3) is 5.91 Å². The molecule has 4 N–H and O–H groups in total. The van der Waals surface area contributed by atoms with E-state index in [-0.39, 0.29) is 18.2 Å². The van der Waals surface area contributed by atoms with Crippen molar-refractivity contribution in [2.45, 2.75) is 39.2 Å². The number of nitrogens with zero attached hydrogens (tertiary/aromatic N) is 2. The number of rotatable bonds is 9. The number of hydrogen-bond acceptors (Lipinski definition) is 9. The van der Waals surface area contributed by atoms with E-state index in [1.807, 2.05) is 0 Å². The Hall–Kier alpha value is -4.87. The van der Waals surface area contributed by atoms with Crippen LogP contribution in [-0.2, 0) is 16.0 Å². The molecule has 2 heterocycles. The molecule has 1 aliphatic rings. The van der Waals surface area contributed by atoms with Crippen molar-refractivity contribution in [3.05, 3.63) is 53.7 Å². The summed E-state index contributed by atoms with van der Waals surface area (Å²) in [4.78, 5) is 46.3. The smallest absolute Gasteiger partial charge is 0.407 e. The molecule has 0 atom stereocenters. The van der Waals surface area contributed by atoms with Crippen molar-refractivity contribution in [2.75, 3.05) is 37.9 Å². The second-order valence-corrected chi connectivity index (χ2v) is 10.3. The van der Waals surface area contributed by atoms with Crippen molar-refractivity contribution in [3.63, 3.8) is 0 Å². The maximum Gasteiger partial charge on any atom is 0.407 e. The predicted molar refractivity (Wildman–Crippen MR) is 154 cm³/mol. The van der Waals surface area contributed by atoms with Gasteiger partial charge in [-0.15, -0.1) is 0 Å². The number of fused-ring (bicyclic) bond motifs is 3. The third-order valence-electron chi connectivity index (χ3n) is 5.97. The van der Waals surface area contributed by atoms with Gasteiger partial charge in [0.05, 0.1) is 32.0 Å². The first-order chi connectivity index (χ1) is 19.6. The van der Waals surface area contributed by atoms with Crippen LogP contribution in [0, 0.1) is 0 Å². The zero-order chi connectivity index (χ0) is 29.6. The number of ether oxygens (including phenoxy) is 3. The summed E-state index contributed by atoms with van der Waals surface area (Å²) in [7, 11) is 3.11. The molecule has 12 nitrogen and oxygen atoms in total. The minimum Gasteiger partial charge on any atom is -0.493 e. The topological polar surface area (TPSA) is 153 Å². The first kappa shape index (κ1) is 29.1. The van der Waals surface area contributed by atoms with Crippen LogP contribution in [0.4, 0.5) is 22.1 Å².